The first-order chi connectivity index (χ1) is 8.83. The third-order valence-corrected chi connectivity index (χ3v) is 3.43. The van der Waals surface area contributed by atoms with E-state index in [0.717, 1.165) is 37.4 Å². The molecule has 1 aromatic carbocycles. The van der Waals surface area contributed by atoms with E-state index < -0.39 is 0 Å². The lowest BCUT2D eigenvalue weighted by Gasteiger charge is -2.33. The number of nitrogens with one attached hydrogen (secondary N) is 1. The maximum absolute atomic E-state index is 4.38. The van der Waals surface area contributed by atoms with Gasteiger partial charge in [0.25, 0.3) is 0 Å². The molecule has 0 atom stereocenters. The lowest BCUT2D eigenvalue weighted by atomic mass is 10.2. The molecule has 2 aromatic rings. The van der Waals surface area contributed by atoms with E-state index in [1.165, 1.54) is 5.39 Å². The fourth-order valence-corrected chi connectivity index (χ4v) is 2.28. The van der Waals surface area contributed by atoms with Crippen molar-refractivity contribution >= 4 is 16.6 Å². The van der Waals surface area contributed by atoms with Crippen molar-refractivity contribution in [3.63, 3.8) is 0 Å². The molecule has 2 heterocycles. The number of piperazine rings is 1. The van der Waals surface area contributed by atoms with Crippen LogP contribution in [-0.4, -0.2) is 48.1 Å². The summed E-state index contributed by atoms with van der Waals surface area (Å²) in [5, 5.41) is 3.46. The van der Waals surface area contributed by atoms with Crippen LogP contribution in [0, 0.1) is 0 Å². The summed E-state index contributed by atoms with van der Waals surface area (Å²) < 4.78 is 0. The molecule has 1 aromatic heterocycles. The fraction of sp³-hybridized carbons (Fsp3) is 0.357. The molecule has 0 amide bonds. The number of rotatable bonds is 2. The van der Waals surface area contributed by atoms with Gasteiger partial charge in [0.1, 0.15) is 0 Å². The first kappa shape index (κ1) is 11.4. The Balaban J connectivity index is 1.82. The van der Waals surface area contributed by atoms with E-state index in [0.29, 0.717) is 0 Å². The van der Waals surface area contributed by atoms with Crippen LogP contribution in [0.25, 0.3) is 10.9 Å². The number of hydrazine groups is 1. The Hall–Kier alpha value is -1.65. The summed E-state index contributed by atoms with van der Waals surface area (Å²) in [5.74, 6) is 0. The zero-order chi connectivity index (χ0) is 12.4. The smallest absolute Gasteiger partial charge is 0.0723 e. The van der Waals surface area contributed by atoms with E-state index in [-0.39, 0.29) is 0 Å². The molecule has 0 aliphatic carbocycles. The molecule has 1 aliphatic heterocycles. The molecule has 1 N–H and O–H groups in total. The van der Waals surface area contributed by atoms with Crippen molar-refractivity contribution in [1.82, 2.24) is 14.9 Å². The van der Waals surface area contributed by atoms with Crippen molar-refractivity contribution in [3.05, 3.63) is 36.5 Å². The lowest BCUT2D eigenvalue weighted by molar-refractivity contribution is 0.179. The number of fused-ring (bicyclic) bond motifs is 1. The van der Waals surface area contributed by atoms with Crippen molar-refractivity contribution in [3.8, 4) is 0 Å². The fourth-order valence-electron chi connectivity index (χ4n) is 2.28. The largest absolute Gasteiger partial charge is 0.318 e. The van der Waals surface area contributed by atoms with Crippen LogP contribution in [0.5, 0.6) is 0 Å². The van der Waals surface area contributed by atoms with Gasteiger partial charge in [-0.25, -0.2) is 5.01 Å². The Morgan fingerprint density at radius 2 is 1.83 bits per heavy atom. The average molecular weight is 242 g/mol. The summed E-state index contributed by atoms with van der Waals surface area (Å²) in [6.45, 7) is 4.31. The van der Waals surface area contributed by atoms with Crippen LogP contribution in [0.2, 0.25) is 0 Å². The highest BCUT2D eigenvalue weighted by molar-refractivity contribution is 5.90. The summed E-state index contributed by atoms with van der Waals surface area (Å²) in [4.78, 5) is 6.73. The van der Waals surface area contributed by atoms with Gasteiger partial charge in [-0.1, -0.05) is 18.2 Å². The first-order valence-corrected chi connectivity index (χ1v) is 6.37. The predicted molar refractivity (Wildman–Crippen MR) is 74.4 cm³/mol. The van der Waals surface area contributed by atoms with Crippen molar-refractivity contribution in [2.24, 2.45) is 0 Å². The normalized spacial score (nSPS) is 18.1. The molecule has 1 saturated heterocycles. The van der Waals surface area contributed by atoms with Gasteiger partial charge in [0.15, 0.2) is 0 Å². The molecule has 4 heteroatoms. The maximum Gasteiger partial charge on any atom is 0.0723 e. The quantitative estimate of drug-likeness (QED) is 0.870. The highest BCUT2D eigenvalue weighted by atomic mass is 15.5. The van der Waals surface area contributed by atoms with Gasteiger partial charge in [0.2, 0.25) is 0 Å². The number of aromatic nitrogens is 1. The number of hydrogen-bond acceptors (Lipinski definition) is 4. The molecule has 3 rings (SSSR count). The summed E-state index contributed by atoms with van der Waals surface area (Å²) in [7, 11) is 2.17. The number of likely N-dealkylation sites (N-methyl/N-ethyl adjacent to an activating group) is 1. The van der Waals surface area contributed by atoms with Crippen LogP contribution in [-0.2, 0) is 0 Å². The first-order valence-electron chi connectivity index (χ1n) is 6.37. The van der Waals surface area contributed by atoms with E-state index >= 15 is 0 Å². The number of pyridine rings is 1. The standard InChI is InChI=1S/C14H18N4/c1-17-8-10-18(11-9-17)16-14-6-7-15-13-5-3-2-4-12(13)14/h2-7H,8-11H2,1H3,(H,15,16). The van der Waals surface area contributed by atoms with Gasteiger partial charge in [-0.15, -0.1) is 0 Å². The van der Waals surface area contributed by atoms with Gasteiger partial charge in [0.05, 0.1) is 11.2 Å². The van der Waals surface area contributed by atoms with Crippen molar-refractivity contribution in [2.75, 3.05) is 38.7 Å². The van der Waals surface area contributed by atoms with Crippen molar-refractivity contribution in [1.29, 1.82) is 0 Å². The molecule has 0 saturated carbocycles. The topological polar surface area (TPSA) is 31.4 Å². The predicted octanol–water partition coefficient (Wildman–Crippen LogP) is 1.81. The Bertz CT molecular complexity index is 527. The minimum atomic E-state index is 1.04. The number of para-hydroxylation sites is 1. The SMILES string of the molecule is CN1CCN(Nc2ccnc3ccccc23)CC1. The number of hydrogen-bond donors (Lipinski definition) is 1. The van der Waals surface area contributed by atoms with Gasteiger partial charge in [0, 0.05) is 37.8 Å². The third-order valence-electron chi connectivity index (χ3n) is 3.43. The molecular formula is C14H18N4. The van der Waals surface area contributed by atoms with Gasteiger partial charge >= 0.3 is 0 Å². The number of nitrogens with zero attached hydrogens (tertiary/aromatic N) is 3. The van der Waals surface area contributed by atoms with E-state index in [4.69, 9.17) is 0 Å². The van der Waals surface area contributed by atoms with Gasteiger partial charge in [-0.3, -0.25) is 4.98 Å². The number of benzene rings is 1. The molecule has 94 valence electrons. The van der Waals surface area contributed by atoms with E-state index in [1.807, 2.05) is 24.4 Å². The van der Waals surface area contributed by atoms with Crippen molar-refractivity contribution < 1.29 is 0 Å². The highest BCUT2D eigenvalue weighted by Crippen LogP contribution is 2.21. The minimum Gasteiger partial charge on any atom is -0.318 e. The van der Waals surface area contributed by atoms with E-state index in [9.17, 15) is 0 Å². The summed E-state index contributed by atoms with van der Waals surface area (Å²) >= 11 is 0. The summed E-state index contributed by atoms with van der Waals surface area (Å²) in [6.07, 6.45) is 1.86. The minimum absolute atomic E-state index is 1.04. The average Bonchev–Trinajstić information content (AvgIpc) is 2.42. The third kappa shape index (κ3) is 2.30. The molecule has 4 nitrogen and oxygen atoms in total. The zero-order valence-corrected chi connectivity index (χ0v) is 10.6. The maximum atomic E-state index is 4.38. The van der Waals surface area contributed by atoms with E-state index in [2.05, 4.69) is 39.5 Å². The number of anilines is 1. The van der Waals surface area contributed by atoms with E-state index in [1.54, 1.807) is 0 Å². The van der Waals surface area contributed by atoms with Gasteiger partial charge in [-0.2, -0.15) is 0 Å². The van der Waals surface area contributed by atoms with Gasteiger partial charge < -0.3 is 10.3 Å². The van der Waals surface area contributed by atoms with Crippen LogP contribution >= 0.6 is 0 Å². The van der Waals surface area contributed by atoms with Crippen LogP contribution in [0.3, 0.4) is 0 Å². The molecule has 0 spiro atoms. The van der Waals surface area contributed by atoms with Crippen LogP contribution in [0.1, 0.15) is 0 Å². The molecule has 0 unspecified atom stereocenters. The second-order valence-corrected chi connectivity index (χ2v) is 4.78. The monoisotopic (exact) mass is 242 g/mol. The van der Waals surface area contributed by atoms with Crippen LogP contribution < -0.4 is 5.43 Å². The Morgan fingerprint density at radius 1 is 1.06 bits per heavy atom. The molecule has 0 radical (unpaired) electrons. The van der Waals surface area contributed by atoms with Crippen LogP contribution in [0.15, 0.2) is 36.5 Å². The summed E-state index contributed by atoms with van der Waals surface area (Å²) in [6, 6.07) is 10.3. The molecule has 1 fully saturated rings. The second kappa shape index (κ2) is 4.92. The molecule has 1 aliphatic rings. The lowest BCUT2D eigenvalue weighted by Crippen LogP contribution is -2.46. The summed E-state index contributed by atoms with van der Waals surface area (Å²) in [5.41, 5.74) is 5.69. The molecular weight excluding hydrogens is 224 g/mol. The Labute approximate surface area is 107 Å². The van der Waals surface area contributed by atoms with Gasteiger partial charge in [-0.05, 0) is 19.2 Å². The Morgan fingerprint density at radius 3 is 2.67 bits per heavy atom. The van der Waals surface area contributed by atoms with Crippen molar-refractivity contribution in [2.45, 2.75) is 0 Å². The van der Waals surface area contributed by atoms with Crippen LogP contribution in [0.4, 0.5) is 5.69 Å². The highest BCUT2D eigenvalue weighted by Gasteiger charge is 2.14. The second-order valence-electron chi connectivity index (χ2n) is 4.78. The molecule has 0 bridgehead atoms. The Kier molecular flexibility index (Phi) is 3.13. The zero-order valence-electron chi connectivity index (χ0n) is 10.6. The molecule has 18 heavy (non-hydrogen) atoms.